The van der Waals surface area contributed by atoms with Crippen molar-refractivity contribution in [3.05, 3.63) is 35.7 Å². The van der Waals surface area contributed by atoms with Gasteiger partial charge in [-0.1, -0.05) is 30.0 Å². The zero-order valence-corrected chi connectivity index (χ0v) is 11.2. The van der Waals surface area contributed by atoms with Crippen LogP contribution in [-0.2, 0) is 11.2 Å². The van der Waals surface area contributed by atoms with E-state index in [1.54, 1.807) is 6.92 Å². The van der Waals surface area contributed by atoms with Crippen LogP contribution in [0.1, 0.15) is 17.9 Å². The van der Waals surface area contributed by atoms with Gasteiger partial charge in [-0.05, 0) is 24.5 Å². The van der Waals surface area contributed by atoms with Crippen LogP contribution in [0.2, 0.25) is 0 Å². The Balaban J connectivity index is 1.77. The molecule has 0 unspecified atom stereocenters. The highest BCUT2D eigenvalue weighted by atomic mass is 32.2. The minimum Gasteiger partial charge on any atom is -0.416 e. The van der Waals surface area contributed by atoms with Crippen molar-refractivity contribution in [2.75, 3.05) is 5.32 Å². The van der Waals surface area contributed by atoms with Crippen molar-refractivity contribution in [2.45, 2.75) is 30.2 Å². The molecule has 0 fully saturated rings. The zero-order chi connectivity index (χ0) is 13.2. The van der Waals surface area contributed by atoms with Crippen molar-refractivity contribution in [2.24, 2.45) is 0 Å². The van der Waals surface area contributed by atoms with Crippen LogP contribution in [0.3, 0.4) is 0 Å². The summed E-state index contributed by atoms with van der Waals surface area (Å²) in [5.74, 6) is 0.505. The van der Waals surface area contributed by atoms with E-state index in [2.05, 4.69) is 15.5 Å². The standard InChI is InChI=1S/C13H13N3O2S/c1-8-15-16-13(18-8)19-11-7-6-9-4-2-3-5-10(9)14-12(11)17/h2-5,11H,6-7H2,1H3,(H,14,17)/t11-/m0/s1. The number of carbonyl (C=O) groups excluding carboxylic acids is 1. The van der Waals surface area contributed by atoms with Gasteiger partial charge in [-0.25, -0.2) is 0 Å². The number of para-hydroxylation sites is 1. The molecule has 2 aromatic rings. The molecule has 1 amide bonds. The highest BCUT2D eigenvalue weighted by Crippen LogP contribution is 2.30. The molecule has 6 heteroatoms. The third kappa shape index (κ3) is 2.63. The summed E-state index contributed by atoms with van der Waals surface area (Å²) in [5, 5.41) is 10.9. The molecule has 0 bridgehead atoms. The number of nitrogens with zero attached hydrogens (tertiary/aromatic N) is 2. The molecule has 0 aliphatic carbocycles. The van der Waals surface area contributed by atoms with E-state index >= 15 is 0 Å². The number of hydrogen-bond donors (Lipinski definition) is 1. The highest BCUT2D eigenvalue weighted by molar-refractivity contribution is 8.00. The first-order valence-electron chi connectivity index (χ1n) is 6.08. The van der Waals surface area contributed by atoms with Crippen LogP contribution < -0.4 is 5.32 Å². The van der Waals surface area contributed by atoms with Crippen LogP contribution in [0.4, 0.5) is 5.69 Å². The lowest BCUT2D eigenvalue weighted by molar-refractivity contribution is -0.115. The summed E-state index contributed by atoms with van der Waals surface area (Å²) in [5.41, 5.74) is 2.07. The molecule has 1 aliphatic rings. The van der Waals surface area contributed by atoms with Crippen LogP contribution >= 0.6 is 11.8 Å². The quantitative estimate of drug-likeness (QED) is 0.911. The lowest BCUT2D eigenvalue weighted by atomic mass is 10.1. The maximum atomic E-state index is 12.2. The summed E-state index contributed by atoms with van der Waals surface area (Å²) in [4.78, 5) is 12.2. The monoisotopic (exact) mass is 275 g/mol. The Morgan fingerprint density at radius 2 is 2.21 bits per heavy atom. The fourth-order valence-electron chi connectivity index (χ4n) is 2.05. The number of fused-ring (bicyclic) bond motifs is 1. The van der Waals surface area contributed by atoms with Crippen molar-refractivity contribution in [1.29, 1.82) is 0 Å². The number of aromatic nitrogens is 2. The Bertz CT molecular complexity index is 611. The van der Waals surface area contributed by atoms with E-state index in [0.29, 0.717) is 11.1 Å². The topological polar surface area (TPSA) is 68.0 Å². The lowest BCUT2D eigenvalue weighted by Gasteiger charge is -2.09. The molecule has 0 spiro atoms. The van der Waals surface area contributed by atoms with Crippen LogP contribution in [0.15, 0.2) is 33.9 Å². The maximum Gasteiger partial charge on any atom is 0.277 e. The zero-order valence-electron chi connectivity index (χ0n) is 10.4. The van der Waals surface area contributed by atoms with Gasteiger partial charge in [-0.3, -0.25) is 4.79 Å². The van der Waals surface area contributed by atoms with Crippen molar-refractivity contribution < 1.29 is 9.21 Å². The Kier molecular flexibility index (Phi) is 3.25. The van der Waals surface area contributed by atoms with Gasteiger partial charge in [-0.2, -0.15) is 0 Å². The lowest BCUT2D eigenvalue weighted by Crippen LogP contribution is -2.23. The van der Waals surface area contributed by atoms with Crippen LogP contribution in [0.25, 0.3) is 0 Å². The minimum absolute atomic E-state index is 0.00852. The number of aryl methyl sites for hydroxylation is 2. The predicted octanol–water partition coefficient (Wildman–Crippen LogP) is 2.42. The SMILES string of the molecule is Cc1nnc(S[C@H]2CCc3ccccc3NC2=O)o1. The van der Waals surface area contributed by atoms with Gasteiger partial charge in [0, 0.05) is 12.6 Å². The minimum atomic E-state index is -0.202. The smallest absolute Gasteiger partial charge is 0.277 e. The molecule has 1 atom stereocenters. The van der Waals surface area contributed by atoms with Gasteiger partial charge in [0.15, 0.2) is 0 Å². The van der Waals surface area contributed by atoms with E-state index in [9.17, 15) is 4.79 Å². The van der Waals surface area contributed by atoms with Gasteiger partial charge in [0.1, 0.15) is 0 Å². The number of benzene rings is 1. The van der Waals surface area contributed by atoms with Gasteiger partial charge in [-0.15, -0.1) is 10.2 Å². The molecule has 19 heavy (non-hydrogen) atoms. The number of amides is 1. The summed E-state index contributed by atoms with van der Waals surface area (Å²) in [7, 11) is 0. The molecule has 5 nitrogen and oxygen atoms in total. The average molecular weight is 275 g/mol. The van der Waals surface area contributed by atoms with Crippen LogP contribution in [0.5, 0.6) is 0 Å². The van der Waals surface area contributed by atoms with E-state index < -0.39 is 0 Å². The molecular weight excluding hydrogens is 262 g/mol. The fraction of sp³-hybridized carbons (Fsp3) is 0.308. The molecule has 1 aromatic carbocycles. The number of nitrogens with one attached hydrogen (secondary N) is 1. The van der Waals surface area contributed by atoms with Gasteiger partial charge < -0.3 is 9.73 Å². The van der Waals surface area contributed by atoms with E-state index in [4.69, 9.17) is 4.42 Å². The summed E-state index contributed by atoms with van der Waals surface area (Å²) < 4.78 is 5.31. The van der Waals surface area contributed by atoms with E-state index in [1.165, 1.54) is 17.3 Å². The molecule has 3 rings (SSSR count). The van der Waals surface area contributed by atoms with Crippen molar-refractivity contribution in [3.8, 4) is 0 Å². The second-order valence-electron chi connectivity index (χ2n) is 4.38. The molecule has 1 N–H and O–H groups in total. The Morgan fingerprint density at radius 3 is 3.00 bits per heavy atom. The maximum absolute atomic E-state index is 12.2. The second kappa shape index (κ2) is 5.05. The van der Waals surface area contributed by atoms with Crippen LogP contribution in [-0.4, -0.2) is 21.4 Å². The number of anilines is 1. The first-order valence-corrected chi connectivity index (χ1v) is 6.96. The predicted molar refractivity (Wildman–Crippen MR) is 72.1 cm³/mol. The summed E-state index contributed by atoms with van der Waals surface area (Å²) in [6.07, 6.45) is 1.62. The first kappa shape index (κ1) is 12.2. The van der Waals surface area contributed by atoms with E-state index in [1.807, 2.05) is 24.3 Å². The van der Waals surface area contributed by atoms with Crippen molar-refractivity contribution >= 4 is 23.4 Å². The summed E-state index contributed by atoms with van der Waals surface area (Å²) in [6, 6.07) is 7.88. The van der Waals surface area contributed by atoms with Gasteiger partial charge in [0.25, 0.3) is 5.22 Å². The molecule has 0 radical (unpaired) electrons. The molecule has 0 saturated heterocycles. The highest BCUT2D eigenvalue weighted by Gasteiger charge is 2.26. The van der Waals surface area contributed by atoms with Gasteiger partial charge in [0.2, 0.25) is 11.8 Å². The van der Waals surface area contributed by atoms with Crippen LogP contribution in [0, 0.1) is 6.92 Å². The number of thioether (sulfide) groups is 1. The second-order valence-corrected chi connectivity index (χ2v) is 5.53. The Labute approximate surface area is 114 Å². The summed E-state index contributed by atoms with van der Waals surface area (Å²) in [6.45, 7) is 1.74. The Morgan fingerprint density at radius 1 is 1.37 bits per heavy atom. The third-order valence-corrected chi connectivity index (χ3v) is 4.10. The average Bonchev–Trinajstić information content (AvgIpc) is 2.74. The fourth-order valence-corrected chi connectivity index (χ4v) is 2.95. The van der Waals surface area contributed by atoms with E-state index in [0.717, 1.165) is 18.5 Å². The van der Waals surface area contributed by atoms with E-state index in [-0.39, 0.29) is 11.2 Å². The van der Waals surface area contributed by atoms with Crippen molar-refractivity contribution in [1.82, 2.24) is 10.2 Å². The number of carbonyl (C=O) groups is 1. The number of hydrogen-bond acceptors (Lipinski definition) is 5. The molecule has 0 saturated carbocycles. The van der Waals surface area contributed by atoms with Crippen molar-refractivity contribution in [3.63, 3.8) is 0 Å². The van der Waals surface area contributed by atoms with Gasteiger partial charge >= 0.3 is 0 Å². The molecule has 1 aliphatic heterocycles. The molecule has 2 heterocycles. The number of rotatable bonds is 2. The molecule has 1 aromatic heterocycles. The Hall–Kier alpha value is -1.82. The molecular formula is C13H13N3O2S. The molecule has 98 valence electrons. The largest absolute Gasteiger partial charge is 0.416 e. The normalized spacial score (nSPS) is 18.6. The first-order chi connectivity index (χ1) is 9.22. The van der Waals surface area contributed by atoms with Gasteiger partial charge in [0.05, 0.1) is 5.25 Å². The summed E-state index contributed by atoms with van der Waals surface area (Å²) >= 11 is 1.33. The third-order valence-electron chi connectivity index (χ3n) is 2.99.